The van der Waals surface area contributed by atoms with Crippen LogP contribution in [0.5, 0.6) is 0 Å². The van der Waals surface area contributed by atoms with Gasteiger partial charge in [-0.15, -0.1) is 11.3 Å². The summed E-state index contributed by atoms with van der Waals surface area (Å²) in [7, 11) is 1.96. The van der Waals surface area contributed by atoms with E-state index in [4.69, 9.17) is 0 Å². The second kappa shape index (κ2) is 8.11. The highest BCUT2D eigenvalue weighted by Crippen LogP contribution is 2.27. The molecule has 136 valence electrons. The molecule has 1 aromatic heterocycles. The minimum absolute atomic E-state index is 0.0454. The second-order valence-corrected chi connectivity index (χ2v) is 8.99. The first-order valence-corrected chi connectivity index (χ1v) is 9.50. The molecule has 0 fully saturated rings. The Morgan fingerprint density at radius 3 is 2.44 bits per heavy atom. The standard InChI is InChI=1S/C20H29N3OS/c1-14(2)15-7-9-16(10-8-15)19-21-11-17(25-19)12-23(6)13-18(24)22-20(3,4)5/h7-11,14H,12-13H2,1-6H3,(H,22,24). The number of nitrogens with zero attached hydrogens (tertiary/aromatic N) is 2. The number of carbonyl (C=O) groups is 1. The number of rotatable bonds is 6. The fourth-order valence-electron chi connectivity index (χ4n) is 2.55. The zero-order valence-electron chi connectivity index (χ0n) is 16.1. The van der Waals surface area contributed by atoms with Crippen LogP contribution < -0.4 is 5.32 Å². The van der Waals surface area contributed by atoms with Gasteiger partial charge in [-0.25, -0.2) is 4.98 Å². The van der Waals surface area contributed by atoms with Crippen molar-refractivity contribution in [2.45, 2.75) is 52.6 Å². The number of hydrogen-bond acceptors (Lipinski definition) is 4. The highest BCUT2D eigenvalue weighted by atomic mass is 32.1. The zero-order chi connectivity index (χ0) is 18.6. The molecule has 4 nitrogen and oxygen atoms in total. The van der Waals surface area contributed by atoms with Crippen LogP contribution in [0, 0.1) is 0 Å². The van der Waals surface area contributed by atoms with Gasteiger partial charge in [0.05, 0.1) is 6.54 Å². The topological polar surface area (TPSA) is 45.2 Å². The van der Waals surface area contributed by atoms with Crippen molar-refractivity contribution in [1.29, 1.82) is 0 Å². The summed E-state index contributed by atoms with van der Waals surface area (Å²) in [6, 6.07) is 8.62. The Bertz CT molecular complexity index is 698. The number of aromatic nitrogens is 1. The maximum atomic E-state index is 12.0. The molecule has 0 bridgehead atoms. The lowest BCUT2D eigenvalue weighted by atomic mass is 10.0. The maximum Gasteiger partial charge on any atom is 0.234 e. The van der Waals surface area contributed by atoms with E-state index in [1.54, 1.807) is 11.3 Å². The Kier molecular flexibility index (Phi) is 6.36. The lowest BCUT2D eigenvalue weighted by Crippen LogP contribution is -2.45. The van der Waals surface area contributed by atoms with Gasteiger partial charge < -0.3 is 5.32 Å². The summed E-state index contributed by atoms with van der Waals surface area (Å²) < 4.78 is 0. The highest BCUT2D eigenvalue weighted by molar-refractivity contribution is 7.15. The van der Waals surface area contributed by atoms with Gasteiger partial charge in [0.15, 0.2) is 0 Å². The molecule has 1 N–H and O–H groups in total. The summed E-state index contributed by atoms with van der Waals surface area (Å²) in [5, 5.41) is 4.01. The monoisotopic (exact) mass is 359 g/mol. The van der Waals surface area contributed by atoms with Crippen LogP contribution in [0.2, 0.25) is 0 Å². The van der Waals surface area contributed by atoms with Crippen LogP contribution >= 0.6 is 11.3 Å². The molecule has 1 amide bonds. The largest absolute Gasteiger partial charge is 0.350 e. The Balaban J connectivity index is 1.95. The lowest BCUT2D eigenvalue weighted by Gasteiger charge is -2.23. The van der Waals surface area contributed by atoms with Gasteiger partial charge >= 0.3 is 0 Å². The Morgan fingerprint density at radius 2 is 1.88 bits per heavy atom. The van der Waals surface area contributed by atoms with Crippen LogP contribution in [-0.2, 0) is 11.3 Å². The van der Waals surface area contributed by atoms with Gasteiger partial charge in [-0.3, -0.25) is 9.69 Å². The van der Waals surface area contributed by atoms with E-state index in [1.165, 1.54) is 5.56 Å². The van der Waals surface area contributed by atoms with E-state index in [0.717, 1.165) is 22.0 Å². The Morgan fingerprint density at radius 1 is 1.24 bits per heavy atom. The molecule has 0 saturated heterocycles. The number of benzene rings is 1. The number of likely N-dealkylation sites (N-methyl/N-ethyl adjacent to an activating group) is 1. The molecule has 25 heavy (non-hydrogen) atoms. The van der Waals surface area contributed by atoms with Gasteiger partial charge in [-0.1, -0.05) is 38.1 Å². The summed E-state index contributed by atoms with van der Waals surface area (Å²) in [6.45, 7) is 11.5. The first-order valence-electron chi connectivity index (χ1n) is 8.68. The molecule has 1 heterocycles. The minimum Gasteiger partial charge on any atom is -0.350 e. The van der Waals surface area contributed by atoms with Crippen LogP contribution in [0.25, 0.3) is 10.6 Å². The average Bonchev–Trinajstić information content (AvgIpc) is 2.93. The molecule has 2 rings (SSSR count). The van der Waals surface area contributed by atoms with Crippen molar-refractivity contribution >= 4 is 17.2 Å². The van der Waals surface area contributed by atoms with Crippen molar-refractivity contribution in [3.63, 3.8) is 0 Å². The fraction of sp³-hybridized carbons (Fsp3) is 0.500. The SMILES string of the molecule is CC(C)c1ccc(-c2ncc(CN(C)CC(=O)NC(C)(C)C)s2)cc1. The molecule has 0 aliphatic rings. The third-order valence-electron chi connectivity index (χ3n) is 3.73. The molecular formula is C20H29N3OS. The summed E-state index contributed by atoms with van der Waals surface area (Å²) >= 11 is 1.68. The van der Waals surface area contributed by atoms with E-state index in [0.29, 0.717) is 12.5 Å². The molecule has 0 saturated carbocycles. The Labute approximate surface area is 155 Å². The van der Waals surface area contributed by atoms with Crippen LogP contribution in [0.1, 0.15) is 51.0 Å². The van der Waals surface area contributed by atoms with Crippen molar-refractivity contribution in [2.75, 3.05) is 13.6 Å². The number of amides is 1. The quantitative estimate of drug-likeness (QED) is 0.837. The zero-order valence-corrected chi connectivity index (χ0v) is 16.9. The van der Waals surface area contributed by atoms with Crippen LogP contribution in [0.3, 0.4) is 0 Å². The molecule has 0 radical (unpaired) electrons. The molecule has 1 aromatic carbocycles. The molecule has 0 aliphatic carbocycles. The van der Waals surface area contributed by atoms with Crippen molar-refractivity contribution < 1.29 is 4.79 Å². The van der Waals surface area contributed by atoms with Crippen LogP contribution in [-0.4, -0.2) is 34.9 Å². The summed E-state index contributed by atoms with van der Waals surface area (Å²) in [4.78, 5) is 19.7. The number of carbonyl (C=O) groups excluding carboxylic acids is 1. The first kappa shape index (κ1) is 19.6. The van der Waals surface area contributed by atoms with E-state index in [2.05, 4.69) is 48.4 Å². The van der Waals surface area contributed by atoms with Crippen LogP contribution in [0.4, 0.5) is 0 Å². The molecule has 0 unspecified atom stereocenters. The summed E-state index contributed by atoms with van der Waals surface area (Å²) in [5.74, 6) is 0.581. The molecule has 0 aliphatic heterocycles. The predicted octanol–water partition coefficient (Wildman–Crippen LogP) is 4.28. The molecule has 0 atom stereocenters. The highest BCUT2D eigenvalue weighted by Gasteiger charge is 2.16. The third-order valence-corrected chi connectivity index (χ3v) is 4.76. The fourth-order valence-corrected chi connectivity index (χ4v) is 3.55. The van der Waals surface area contributed by atoms with Gasteiger partial charge in [-0.05, 0) is 39.3 Å². The smallest absolute Gasteiger partial charge is 0.234 e. The average molecular weight is 360 g/mol. The van der Waals surface area contributed by atoms with Crippen molar-refractivity contribution in [2.24, 2.45) is 0 Å². The molecule has 0 spiro atoms. The van der Waals surface area contributed by atoms with Crippen LogP contribution in [0.15, 0.2) is 30.5 Å². The number of nitrogens with one attached hydrogen (secondary N) is 1. The van der Waals surface area contributed by atoms with E-state index in [9.17, 15) is 4.79 Å². The first-order chi connectivity index (χ1) is 11.6. The maximum absolute atomic E-state index is 12.0. The van der Waals surface area contributed by atoms with Gasteiger partial charge in [0, 0.05) is 28.7 Å². The van der Waals surface area contributed by atoms with E-state index in [-0.39, 0.29) is 11.4 Å². The second-order valence-electron chi connectivity index (χ2n) is 7.88. The van der Waals surface area contributed by atoms with Gasteiger partial charge in [0.2, 0.25) is 5.91 Å². The van der Waals surface area contributed by atoms with E-state index >= 15 is 0 Å². The lowest BCUT2D eigenvalue weighted by molar-refractivity contribution is -0.123. The van der Waals surface area contributed by atoms with Crippen molar-refractivity contribution in [3.8, 4) is 10.6 Å². The van der Waals surface area contributed by atoms with Gasteiger partial charge in [0.25, 0.3) is 0 Å². The van der Waals surface area contributed by atoms with Crippen molar-refractivity contribution in [3.05, 3.63) is 40.9 Å². The van der Waals surface area contributed by atoms with Gasteiger partial charge in [-0.2, -0.15) is 0 Å². The molecular weight excluding hydrogens is 330 g/mol. The third kappa shape index (κ3) is 6.25. The minimum atomic E-state index is -0.197. The summed E-state index contributed by atoms with van der Waals surface area (Å²) in [5.41, 5.74) is 2.29. The normalized spacial score (nSPS) is 12.0. The van der Waals surface area contributed by atoms with E-state index in [1.807, 2.05) is 38.9 Å². The summed E-state index contributed by atoms with van der Waals surface area (Å²) in [6.07, 6.45) is 1.91. The molecule has 5 heteroatoms. The predicted molar refractivity (Wildman–Crippen MR) is 106 cm³/mol. The Hall–Kier alpha value is -1.72. The van der Waals surface area contributed by atoms with Gasteiger partial charge in [0.1, 0.15) is 5.01 Å². The van der Waals surface area contributed by atoms with Crippen molar-refractivity contribution in [1.82, 2.24) is 15.2 Å². The molecule has 2 aromatic rings. The van der Waals surface area contributed by atoms with E-state index < -0.39 is 0 Å². The number of thiazole rings is 1. The number of hydrogen-bond donors (Lipinski definition) is 1.